The summed E-state index contributed by atoms with van der Waals surface area (Å²) in [5.74, 6) is -1.29. The molecule has 276 valence electrons. The summed E-state index contributed by atoms with van der Waals surface area (Å²) in [6.45, 7) is 7.31. The molecule has 0 saturated carbocycles. The zero-order chi connectivity index (χ0) is 37.6. The second-order valence-electron chi connectivity index (χ2n) is 13.4. The zero-order valence-electron chi connectivity index (χ0n) is 30.8. The summed E-state index contributed by atoms with van der Waals surface area (Å²) in [4.78, 5) is 68.7. The number of unbranched alkanes of at least 4 members (excludes halogenated alkanes) is 6. The van der Waals surface area contributed by atoms with E-state index >= 15 is 0 Å². The molecule has 3 heterocycles. The van der Waals surface area contributed by atoms with E-state index in [1.165, 1.54) is 0 Å². The van der Waals surface area contributed by atoms with Gasteiger partial charge in [-0.15, -0.1) is 0 Å². The number of aromatic nitrogens is 6. The Hall–Kier alpha value is -5.91. The Balaban J connectivity index is 1.39. The third-order valence-corrected chi connectivity index (χ3v) is 9.32. The van der Waals surface area contributed by atoms with Gasteiger partial charge in [-0.2, -0.15) is 0 Å². The Morgan fingerprint density at radius 2 is 0.648 bits per heavy atom. The zero-order valence-corrected chi connectivity index (χ0v) is 30.8. The molecule has 0 atom stereocenters. The van der Waals surface area contributed by atoms with Gasteiger partial charge in [-0.3, -0.25) is 0 Å². The summed E-state index contributed by atoms with van der Waals surface area (Å²) < 4.78 is 16.5. The molecule has 0 N–H and O–H groups in total. The van der Waals surface area contributed by atoms with Gasteiger partial charge >= 0.3 is 17.9 Å². The summed E-state index contributed by atoms with van der Waals surface area (Å²) in [6.07, 6.45) is 8.40. The van der Waals surface area contributed by atoms with Crippen LogP contribution in [0.5, 0.6) is 0 Å². The molecule has 7 rings (SSSR count). The largest absolute Gasteiger partial charge is 0.462 e. The van der Waals surface area contributed by atoms with E-state index < -0.39 is 17.9 Å². The van der Waals surface area contributed by atoms with E-state index in [4.69, 9.17) is 44.1 Å². The number of ether oxygens (including phenoxy) is 3. The third kappa shape index (κ3) is 7.59. The second kappa shape index (κ2) is 16.4. The van der Waals surface area contributed by atoms with E-state index in [1.807, 2.05) is 0 Å². The van der Waals surface area contributed by atoms with Crippen molar-refractivity contribution in [2.45, 2.75) is 78.6 Å². The van der Waals surface area contributed by atoms with Crippen molar-refractivity contribution in [1.29, 1.82) is 0 Å². The molecule has 0 aliphatic heterocycles. The summed E-state index contributed by atoms with van der Waals surface area (Å²) >= 11 is 0. The van der Waals surface area contributed by atoms with Crippen molar-refractivity contribution < 1.29 is 28.6 Å². The molecule has 0 aliphatic carbocycles. The number of esters is 3. The number of hydrogen-bond donors (Lipinski definition) is 0. The first-order chi connectivity index (χ1) is 26.4. The van der Waals surface area contributed by atoms with Gasteiger partial charge < -0.3 is 14.2 Å². The molecule has 7 aromatic rings. The van der Waals surface area contributed by atoms with Gasteiger partial charge in [-0.1, -0.05) is 59.3 Å². The number of nitrogens with zero attached hydrogens (tertiary/aromatic N) is 6. The standard InChI is InChI=1S/C42H42N6O6/c1-4-7-10-19-52-40(49)25-13-16-28-31(22-25)46-37-34(43-28)38-36(45-30-18-15-27(24-33(30)47-38)42(51)54-21-12-9-6-3)39-35(37)44-29-17-14-26(23-32(29)48-39)41(50)53-20-11-8-5-2/h13-18,22-24H,4-12,19-21H2,1-3H3. The fraction of sp³-hybridized carbons (Fsp3) is 0.357. The maximum atomic E-state index is 12.9. The molecule has 12 nitrogen and oxygen atoms in total. The highest BCUT2D eigenvalue weighted by atomic mass is 16.5. The molecule has 12 heteroatoms. The number of benzene rings is 4. The topological polar surface area (TPSA) is 156 Å². The average Bonchev–Trinajstić information content (AvgIpc) is 3.20. The van der Waals surface area contributed by atoms with E-state index in [2.05, 4.69) is 20.8 Å². The molecular weight excluding hydrogens is 684 g/mol. The lowest BCUT2D eigenvalue weighted by Crippen LogP contribution is -2.07. The lowest BCUT2D eigenvalue weighted by Gasteiger charge is -2.11. The highest BCUT2D eigenvalue weighted by molar-refractivity contribution is 6.21. The van der Waals surface area contributed by atoms with Crippen molar-refractivity contribution in [2.75, 3.05) is 19.8 Å². The van der Waals surface area contributed by atoms with Gasteiger partial charge in [0.1, 0.15) is 33.1 Å². The van der Waals surface area contributed by atoms with Gasteiger partial charge in [0.25, 0.3) is 0 Å². The van der Waals surface area contributed by atoms with Crippen molar-refractivity contribution in [1.82, 2.24) is 29.9 Å². The van der Waals surface area contributed by atoms with Crippen molar-refractivity contribution in [3.05, 3.63) is 71.3 Å². The third-order valence-electron chi connectivity index (χ3n) is 9.32. The van der Waals surface area contributed by atoms with E-state index in [0.29, 0.717) is 103 Å². The SMILES string of the molecule is CCCCCOC(=O)c1ccc2nc3c4nc5cc(C(=O)OCCCCC)ccc5nc4c4nc5cc(C(=O)OCCCCC)ccc5nc4c3nc2c1. The molecule has 54 heavy (non-hydrogen) atoms. The van der Waals surface area contributed by atoms with Crippen molar-refractivity contribution >= 4 is 84.1 Å². The number of fused-ring (bicyclic) bond motifs is 9. The highest BCUT2D eigenvalue weighted by Crippen LogP contribution is 2.33. The van der Waals surface area contributed by atoms with E-state index in [-0.39, 0.29) is 0 Å². The molecule has 4 aromatic carbocycles. The van der Waals surface area contributed by atoms with Crippen LogP contribution < -0.4 is 0 Å². The first-order valence-corrected chi connectivity index (χ1v) is 18.9. The number of carbonyl (C=O) groups excluding carboxylic acids is 3. The van der Waals surface area contributed by atoms with Gasteiger partial charge in [0.15, 0.2) is 0 Å². The van der Waals surface area contributed by atoms with Crippen molar-refractivity contribution in [3.8, 4) is 0 Å². The fourth-order valence-electron chi connectivity index (χ4n) is 6.34. The number of hydrogen-bond acceptors (Lipinski definition) is 12. The quantitative estimate of drug-likeness (QED) is 0.0325. The lowest BCUT2D eigenvalue weighted by atomic mass is 10.1. The van der Waals surface area contributed by atoms with E-state index in [9.17, 15) is 14.4 Å². The molecule has 0 radical (unpaired) electrons. The minimum Gasteiger partial charge on any atom is -0.462 e. The molecular formula is C42H42N6O6. The smallest absolute Gasteiger partial charge is 0.338 e. The van der Waals surface area contributed by atoms with Crippen molar-refractivity contribution in [2.24, 2.45) is 0 Å². The molecule has 0 aliphatic rings. The van der Waals surface area contributed by atoms with Crippen LogP contribution in [-0.4, -0.2) is 67.6 Å². The molecule has 0 unspecified atom stereocenters. The first kappa shape index (κ1) is 36.4. The predicted octanol–water partition coefficient (Wildman–Crippen LogP) is 9.02. The van der Waals surface area contributed by atoms with Crippen LogP contribution in [0.25, 0.3) is 66.2 Å². The Morgan fingerprint density at radius 3 is 0.907 bits per heavy atom. The van der Waals surface area contributed by atoms with Crippen LogP contribution in [0, 0.1) is 0 Å². The Kier molecular flexibility index (Phi) is 11.1. The van der Waals surface area contributed by atoms with Gasteiger partial charge in [0.2, 0.25) is 0 Å². The summed E-state index contributed by atoms with van der Waals surface area (Å²) in [5, 5.41) is 0. The van der Waals surface area contributed by atoms with Crippen LogP contribution >= 0.6 is 0 Å². The van der Waals surface area contributed by atoms with Gasteiger partial charge in [-0.25, -0.2) is 44.3 Å². The average molecular weight is 727 g/mol. The van der Waals surface area contributed by atoms with Crippen LogP contribution in [-0.2, 0) is 14.2 Å². The van der Waals surface area contributed by atoms with Crippen LogP contribution in [0.2, 0.25) is 0 Å². The molecule has 0 amide bonds. The highest BCUT2D eigenvalue weighted by Gasteiger charge is 2.21. The molecule has 0 bridgehead atoms. The maximum Gasteiger partial charge on any atom is 0.338 e. The van der Waals surface area contributed by atoms with Crippen LogP contribution in [0.15, 0.2) is 54.6 Å². The Morgan fingerprint density at radius 1 is 0.389 bits per heavy atom. The number of rotatable bonds is 15. The summed E-state index contributed by atoms with van der Waals surface area (Å²) in [7, 11) is 0. The van der Waals surface area contributed by atoms with Gasteiger partial charge in [0.05, 0.1) is 69.6 Å². The van der Waals surface area contributed by atoms with Crippen LogP contribution in [0.4, 0.5) is 0 Å². The van der Waals surface area contributed by atoms with E-state index in [0.717, 1.165) is 57.8 Å². The number of carbonyl (C=O) groups is 3. The van der Waals surface area contributed by atoms with E-state index in [1.54, 1.807) is 54.6 Å². The molecule has 0 saturated heterocycles. The minimum atomic E-state index is -0.430. The summed E-state index contributed by atoms with van der Waals surface area (Å²) in [6, 6.07) is 15.2. The Labute approximate surface area is 311 Å². The normalized spacial score (nSPS) is 11.6. The Bertz CT molecular complexity index is 2250. The molecule has 0 fully saturated rings. The molecule has 0 spiro atoms. The minimum absolute atomic E-state index is 0.344. The first-order valence-electron chi connectivity index (χ1n) is 18.9. The lowest BCUT2D eigenvalue weighted by molar-refractivity contribution is 0.0489. The second-order valence-corrected chi connectivity index (χ2v) is 13.4. The van der Waals surface area contributed by atoms with Crippen LogP contribution in [0.1, 0.15) is 110 Å². The molecule has 3 aromatic heterocycles. The van der Waals surface area contributed by atoms with Gasteiger partial charge in [0, 0.05) is 0 Å². The summed E-state index contributed by atoms with van der Waals surface area (Å²) in [5.41, 5.74) is 6.63. The van der Waals surface area contributed by atoms with Crippen molar-refractivity contribution in [3.63, 3.8) is 0 Å². The predicted molar refractivity (Wildman–Crippen MR) is 208 cm³/mol. The fourth-order valence-corrected chi connectivity index (χ4v) is 6.34. The van der Waals surface area contributed by atoms with Crippen LogP contribution in [0.3, 0.4) is 0 Å². The monoisotopic (exact) mass is 726 g/mol. The van der Waals surface area contributed by atoms with Gasteiger partial charge in [-0.05, 0) is 73.9 Å². The maximum absolute atomic E-state index is 12.9.